The number of aliphatic imine (C=N–C) groups is 1. The lowest BCUT2D eigenvalue weighted by atomic mass is 10.1. The first-order valence-electron chi connectivity index (χ1n) is 5.01. The van der Waals surface area contributed by atoms with Crippen LogP contribution < -0.4 is 5.32 Å². The first-order valence-corrected chi connectivity index (χ1v) is 7.95. The maximum atomic E-state index is 10.9. The van der Waals surface area contributed by atoms with Crippen LogP contribution in [0.15, 0.2) is 4.99 Å². The lowest BCUT2D eigenvalue weighted by Crippen LogP contribution is -2.26. The fraction of sp³-hybridized carbons (Fsp3) is 0.889. The van der Waals surface area contributed by atoms with E-state index in [0.29, 0.717) is 17.7 Å². The van der Waals surface area contributed by atoms with Crippen molar-refractivity contribution in [1.82, 2.24) is 5.32 Å². The molecule has 0 aromatic rings. The molecule has 0 aromatic carbocycles. The van der Waals surface area contributed by atoms with Gasteiger partial charge in [0.2, 0.25) is 0 Å². The summed E-state index contributed by atoms with van der Waals surface area (Å²) in [6.07, 6.45) is 1.25. The average molecular weight is 250 g/mol. The Kier molecular flexibility index (Phi) is 4.45. The summed E-state index contributed by atoms with van der Waals surface area (Å²) in [5, 5.41) is 4.48. The minimum absolute atomic E-state index is 0.166. The highest BCUT2D eigenvalue weighted by Crippen LogP contribution is 2.25. The number of rotatable bonds is 4. The number of amidine groups is 1. The molecule has 1 heterocycles. The molecule has 6 heteroatoms. The van der Waals surface area contributed by atoms with Crippen LogP contribution in [0.3, 0.4) is 0 Å². The van der Waals surface area contributed by atoms with E-state index in [9.17, 15) is 8.42 Å². The van der Waals surface area contributed by atoms with E-state index in [1.54, 1.807) is 11.8 Å². The summed E-state index contributed by atoms with van der Waals surface area (Å²) in [6.45, 7) is 5.64. The van der Waals surface area contributed by atoms with Gasteiger partial charge >= 0.3 is 0 Å². The standard InChI is InChI=1S/C9H18N2O2S2/c1-7(2)8-6-11-9(14-8)10-4-5-15(3,12)13/h7-8H,4-6H2,1-3H3,(H,10,11). The van der Waals surface area contributed by atoms with Gasteiger partial charge in [0, 0.05) is 18.1 Å². The van der Waals surface area contributed by atoms with Crippen molar-refractivity contribution in [3.05, 3.63) is 0 Å². The maximum Gasteiger partial charge on any atom is 0.156 e. The predicted molar refractivity (Wildman–Crippen MR) is 66.2 cm³/mol. The summed E-state index contributed by atoms with van der Waals surface area (Å²) in [5.41, 5.74) is 0. The van der Waals surface area contributed by atoms with Crippen molar-refractivity contribution in [2.24, 2.45) is 10.9 Å². The highest BCUT2D eigenvalue weighted by molar-refractivity contribution is 8.14. The minimum Gasteiger partial charge on any atom is -0.364 e. The van der Waals surface area contributed by atoms with Gasteiger partial charge in [0.1, 0.15) is 9.84 Å². The largest absolute Gasteiger partial charge is 0.364 e. The highest BCUT2D eigenvalue weighted by atomic mass is 32.2. The quantitative estimate of drug-likeness (QED) is 0.800. The van der Waals surface area contributed by atoms with Crippen molar-refractivity contribution in [2.75, 3.05) is 25.1 Å². The Balaban J connectivity index is 2.25. The lowest BCUT2D eigenvalue weighted by Gasteiger charge is -2.11. The van der Waals surface area contributed by atoms with Gasteiger partial charge in [0.25, 0.3) is 0 Å². The van der Waals surface area contributed by atoms with Crippen molar-refractivity contribution in [2.45, 2.75) is 19.1 Å². The van der Waals surface area contributed by atoms with Gasteiger partial charge in [0.15, 0.2) is 5.17 Å². The molecular weight excluding hydrogens is 232 g/mol. The molecule has 1 N–H and O–H groups in total. The Morgan fingerprint density at radius 1 is 1.60 bits per heavy atom. The van der Waals surface area contributed by atoms with Gasteiger partial charge in [-0.1, -0.05) is 25.6 Å². The van der Waals surface area contributed by atoms with E-state index in [1.807, 2.05) is 0 Å². The molecule has 0 spiro atoms. The normalized spacial score (nSPS) is 21.9. The number of hydrogen-bond donors (Lipinski definition) is 1. The Bertz CT molecular complexity index is 336. The minimum atomic E-state index is -2.87. The van der Waals surface area contributed by atoms with Crippen LogP contribution in [-0.2, 0) is 9.84 Å². The Morgan fingerprint density at radius 2 is 2.27 bits per heavy atom. The van der Waals surface area contributed by atoms with Gasteiger partial charge in [0.05, 0.1) is 12.3 Å². The van der Waals surface area contributed by atoms with Crippen LogP contribution in [0.1, 0.15) is 13.8 Å². The molecule has 88 valence electrons. The van der Waals surface area contributed by atoms with Crippen molar-refractivity contribution < 1.29 is 8.42 Å². The fourth-order valence-corrected chi connectivity index (χ4v) is 2.69. The van der Waals surface area contributed by atoms with Gasteiger partial charge in [-0.2, -0.15) is 0 Å². The van der Waals surface area contributed by atoms with Crippen molar-refractivity contribution >= 4 is 26.8 Å². The molecule has 0 saturated heterocycles. The summed E-state index contributed by atoms with van der Waals surface area (Å²) < 4.78 is 21.8. The second-order valence-electron chi connectivity index (χ2n) is 4.10. The molecule has 0 amide bonds. The first-order chi connectivity index (χ1) is 6.88. The van der Waals surface area contributed by atoms with E-state index < -0.39 is 9.84 Å². The van der Waals surface area contributed by atoms with Gasteiger partial charge in [-0.3, -0.25) is 4.99 Å². The molecule has 15 heavy (non-hydrogen) atoms. The van der Waals surface area contributed by atoms with E-state index in [1.165, 1.54) is 6.26 Å². The molecule has 0 bridgehead atoms. The van der Waals surface area contributed by atoms with E-state index >= 15 is 0 Å². The van der Waals surface area contributed by atoms with Crippen LogP contribution in [0.5, 0.6) is 0 Å². The summed E-state index contributed by atoms with van der Waals surface area (Å²) >= 11 is 1.71. The van der Waals surface area contributed by atoms with Gasteiger partial charge < -0.3 is 5.32 Å². The maximum absolute atomic E-state index is 10.9. The molecule has 0 fully saturated rings. The van der Waals surface area contributed by atoms with Gasteiger partial charge in [-0.15, -0.1) is 0 Å². The Hall–Kier alpha value is -0.230. The zero-order valence-corrected chi connectivity index (χ0v) is 11.0. The number of thioether (sulfide) groups is 1. The second-order valence-corrected chi connectivity index (χ2v) is 7.59. The van der Waals surface area contributed by atoms with Crippen molar-refractivity contribution in [3.8, 4) is 0 Å². The molecule has 0 aliphatic carbocycles. The summed E-state index contributed by atoms with van der Waals surface area (Å²) in [4.78, 5) is 4.33. The lowest BCUT2D eigenvalue weighted by molar-refractivity contribution is 0.600. The highest BCUT2D eigenvalue weighted by Gasteiger charge is 2.22. The number of sulfone groups is 1. The average Bonchev–Trinajstić information content (AvgIpc) is 2.50. The van der Waals surface area contributed by atoms with E-state index in [2.05, 4.69) is 24.2 Å². The third-order valence-electron chi connectivity index (χ3n) is 2.17. The SMILES string of the molecule is CC(C)C1CN=C(NCCS(C)(=O)=O)S1. The van der Waals surface area contributed by atoms with Crippen molar-refractivity contribution in [3.63, 3.8) is 0 Å². The van der Waals surface area contributed by atoms with Crippen LogP contribution >= 0.6 is 11.8 Å². The second kappa shape index (κ2) is 5.21. The molecule has 0 saturated carbocycles. The molecule has 1 atom stereocenters. The van der Waals surface area contributed by atoms with E-state index in [4.69, 9.17) is 0 Å². The predicted octanol–water partition coefficient (Wildman–Crippen LogP) is 0.748. The molecular formula is C9H18N2O2S2. The fourth-order valence-electron chi connectivity index (χ4n) is 1.18. The van der Waals surface area contributed by atoms with Crippen LogP contribution in [-0.4, -0.2) is 43.9 Å². The molecule has 1 aliphatic rings. The van der Waals surface area contributed by atoms with E-state index in [-0.39, 0.29) is 5.75 Å². The molecule has 0 radical (unpaired) electrons. The Morgan fingerprint density at radius 3 is 2.73 bits per heavy atom. The first kappa shape index (κ1) is 12.8. The van der Waals surface area contributed by atoms with Crippen LogP contribution in [0.25, 0.3) is 0 Å². The topological polar surface area (TPSA) is 58.5 Å². The summed E-state index contributed by atoms with van der Waals surface area (Å²) in [5.74, 6) is 0.770. The van der Waals surface area contributed by atoms with Crippen LogP contribution in [0.2, 0.25) is 0 Å². The summed E-state index contributed by atoms with van der Waals surface area (Å²) in [6, 6.07) is 0. The van der Waals surface area contributed by atoms with Crippen molar-refractivity contribution in [1.29, 1.82) is 0 Å². The van der Waals surface area contributed by atoms with Crippen LogP contribution in [0, 0.1) is 5.92 Å². The number of hydrogen-bond acceptors (Lipinski definition) is 5. The molecule has 1 unspecified atom stereocenters. The zero-order chi connectivity index (χ0) is 11.5. The molecule has 4 nitrogen and oxygen atoms in total. The number of nitrogens with zero attached hydrogens (tertiary/aromatic N) is 1. The van der Waals surface area contributed by atoms with E-state index in [0.717, 1.165) is 11.7 Å². The smallest absolute Gasteiger partial charge is 0.156 e. The Labute approximate surface area is 95.8 Å². The molecule has 1 rings (SSSR count). The molecule has 1 aliphatic heterocycles. The molecule has 0 aromatic heterocycles. The third-order valence-corrected chi connectivity index (χ3v) is 4.61. The zero-order valence-electron chi connectivity index (χ0n) is 9.36. The third kappa shape index (κ3) is 4.88. The number of nitrogens with one attached hydrogen (secondary N) is 1. The summed E-state index contributed by atoms with van der Waals surface area (Å²) in [7, 11) is -2.87. The van der Waals surface area contributed by atoms with Crippen LogP contribution in [0.4, 0.5) is 0 Å². The monoisotopic (exact) mass is 250 g/mol. The van der Waals surface area contributed by atoms with Gasteiger partial charge in [-0.25, -0.2) is 8.42 Å². The van der Waals surface area contributed by atoms with Gasteiger partial charge in [-0.05, 0) is 5.92 Å².